The van der Waals surface area contributed by atoms with E-state index in [-0.39, 0.29) is 37.4 Å². The monoisotopic (exact) mass is 355 g/mol. The van der Waals surface area contributed by atoms with Crippen molar-refractivity contribution in [1.29, 1.82) is 0 Å². The molecule has 0 bridgehead atoms. The first-order valence-electron chi connectivity index (χ1n) is 8.15. The van der Waals surface area contributed by atoms with Crippen LogP contribution >= 0.6 is 0 Å². The molecule has 3 N–H and O–H groups in total. The van der Waals surface area contributed by atoms with Gasteiger partial charge in [-0.25, -0.2) is 0 Å². The van der Waals surface area contributed by atoms with Crippen LogP contribution in [0.5, 0.6) is 5.75 Å². The van der Waals surface area contributed by atoms with Crippen LogP contribution in [0.2, 0.25) is 0 Å². The molecule has 0 unspecified atom stereocenters. The second-order valence-electron chi connectivity index (χ2n) is 5.47. The summed E-state index contributed by atoms with van der Waals surface area (Å²) in [6, 6.07) is 15.7. The minimum Gasteiger partial charge on any atom is -0.484 e. The smallest absolute Gasteiger partial charge is 0.258 e. The van der Waals surface area contributed by atoms with Crippen LogP contribution in [-0.2, 0) is 9.59 Å². The van der Waals surface area contributed by atoms with Crippen molar-refractivity contribution in [1.82, 2.24) is 10.6 Å². The van der Waals surface area contributed by atoms with Crippen LogP contribution < -0.4 is 20.7 Å². The minimum absolute atomic E-state index is 0.0866. The Kier molecular flexibility index (Phi) is 7.17. The molecule has 2 rings (SSSR count). The second kappa shape index (κ2) is 9.83. The van der Waals surface area contributed by atoms with Gasteiger partial charge in [-0.05, 0) is 30.3 Å². The fourth-order valence-electron chi connectivity index (χ4n) is 2.14. The number of hydrogen-bond acceptors (Lipinski definition) is 4. The van der Waals surface area contributed by atoms with E-state index in [1.54, 1.807) is 36.4 Å². The van der Waals surface area contributed by atoms with Gasteiger partial charge < -0.3 is 20.7 Å². The van der Waals surface area contributed by atoms with E-state index in [1.807, 2.05) is 18.2 Å². The van der Waals surface area contributed by atoms with E-state index in [4.69, 9.17) is 4.74 Å². The van der Waals surface area contributed by atoms with Crippen LogP contribution in [0.4, 0.5) is 5.69 Å². The van der Waals surface area contributed by atoms with E-state index in [0.717, 1.165) is 0 Å². The zero-order valence-corrected chi connectivity index (χ0v) is 14.5. The maximum Gasteiger partial charge on any atom is 0.258 e. The van der Waals surface area contributed by atoms with Crippen molar-refractivity contribution in [3.8, 4) is 5.75 Å². The number of para-hydroxylation sites is 1. The maximum absolute atomic E-state index is 12.1. The quantitative estimate of drug-likeness (QED) is 0.626. The van der Waals surface area contributed by atoms with Gasteiger partial charge in [0.1, 0.15) is 5.75 Å². The fourth-order valence-corrected chi connectivity index (χ4v) is 2.14. The molecule has 0 aliphatic rings. The molecule has 0 heterocycles. The molecule has 7 heteroatoms. The van der Waals surface area contributed by atoms with Gasteiger partial charge in [0, 0.05) is 31.3 Å². The van der Waals surface area contributed by atoms with Gasteiger partial charge >= 0.3 is 0 Å². The zero-order valence-electron chi connectivity index (χ0n) is 14.5. The first-order chi connectivity index (χ1) is 12.5. The standard InChI is InChI=1S/C19H21N3O4/c1-14(23)22-16-7-5-6-15(12-16)19(25)21-11-10-20-18(24)13-26-17-8-3-2-4-9-17/h2-9,12H,10-11,13H2,1H3,(H,20,24)(H,21,25)(H,22,23). The Labute approximate surface area is 151 Å². The zero-order chi connectivity index (χ0) is 18.8. The molecule has 26 heavy (non-hydrogen) atoms. The summed E-state index contributed by atoms with van der Waals surface area (Å²) in [4.78, 5) is 34.8. The predicted molar refractivity (Wildman–Crippen MR) is 98.0 cm³/mol. The molecule has 0 aliphatic carbocycles. The SMILES string of the molecule is CC(=O)Nc1cccc(C(=O)NCCNC(=O)COc2ccccc2)c1. The number of benzene rings is 2. The van der Waals surface area contributed by atoms with Crippen molar-refractivity contribution >= 4 is 23.4 Å². The van der Waals surface area contributed by atoms with Gasteiger partial charge in [0.25, 0.3) is 11.8 Å². The minimum atomic E-state index is -0.285. The summed E-state index contributed by atoms with van der Waals surface area (Å²) >= 11 is 0. The highest BCUT2D eigenvalue weighted by Gasteiger charge is 2.07. The molecule has 2 aromatic carbocycles. The van der Waals surface area contributed by atoms with Gasteiger partial charge in [-0.3, -0.25) is 14.4 Å². The van der Waals surface area contributed by atoms with E-state index in [9.17, 15) is 14.4 Å². The summed E-state index contributed by atoms with van der Waals surface area (Å²) in [7, 11) is 0. The summed E-state index contributed by atoms with van der Waals surface area (Å²) < 4.78 is 5.33. The van der Waals surface area contributed by atoms with Crippen LogP contribution in [0.15, 0.2) is 54.6 Å². The van der Waals surface area contributed by atoms with E-state index in [1.165, 1.54) is 6.92 Å². The summed E-state index contributed by atoms with van der Waals surface area (Å²) in [6.07, 6.45) is 0. The molecule has 136 valence electrons. The first kappa shape index (κ1) is 19.0. The molecule has 2 aromatic rings. The van der Waals surface area contributed by atoms with Crippen molar-refractivity contribution < 1.29 is 19.1 Å². The molecule has 0 aliphatic heterocycles. The fraction of sp³-hybridized carbons (Fsp3) is 0.211. The van der Waals surface area contributed by atoms with E-state index >= 15 is 0 Å². The number of nitrogens with one attached hydrogen (secondary N) is 3. The molecule has 0 saturated heterocycles. The van der Waals surface area contributed by atoms with Gasteiger partial charge in [-0.2, -0.15) is 0 Å². The summed E-state index contributed by atoms with van der Waals surface area (Å²) in [5.41, 5.74) is 0.978. The highest BCUT2D eigenvalue weighted by atomic mass is 16.5. The Morgan fingerprint density at radius 2 is 1.65 bits per heavy atom. The summed E-state index contributed by atoms with van der Waals surface area (Å²) in [5, 5.41) is 7.98. The molecule has 0 spiro atoms. The summed E-state index contributed by atoms with van der Waals surface area (Å²) in [5.74, 6) is -0.138. The van der Waals surface area contributed by atoms with Gasteiger partial charge in [-0.15, -0.1) is 0 Å². The van der Waals surface area contributed by atoms with Crippen molar-refractivity contribution in [2.24, 2.45) is 0 Å². The first-order valence-corrected chi connectivity index (χ1v) is 8.15. The number of rotatable bonds is 8. The van der Waals surface area contributed by atoms with Crippen LogP contribution in [-0.4, -0.2) is 37.4 Å². The number of carbonyl (C=O) groups is 3. The Morgan fingerprint density at radius 1 is 0.923 bits per heavy atom. The van der Waals surface area contributed by atoms with Crippen molar-refractivity contribution in [2.45, 2.75) is 6.92 Å². The largest absolute Gasteiger partial charge is 0.484 e. The average molecular weight is 355 g/mol. The third-order valence-corrected chi connectivity index (χ3v) is 3.29. The van der Waals surface area contributed by atoms with Gasteiger partial charge in [0.2, 0.25) is 5.91 Å². The van der Waals surface area contributed by atoms with Gasteiger partial charge in [-0.1, -0.05) is 24.3 Å². The molecular weight excluding hydrogens is 334 g/mol. The Balaban J connectivity index is 1.68. The van der Waals surface area contributed by atoms with Crippen molar-refractivity contribution in [3.63, 3.8) is 0 Å². The lowest BCUT2D eigenvalue weighted by atomic mass is 10.2. The van der Waals surface area contributed by atoms with E-state index < -0.39 is 0 Å². The summed E-state index contributed by atoms with van der Waals surface area (Å²) in [6.45, 7) is 1.88. The molecule has 0 fully saturated rings. The highest BCUT2D eigenvalue weighted by molar-refractivity contribution is 5.96. The number of hydrogen-bond donors (Lipinski definition) is 3. The number of amides is 3. The predicted octanol–water partition coefficient (Wildman–Crippen LogP) is 1.57. The Morgan fingerprint density at radius 3 is 2.38 bits per heavy atom. The maximum atomic E-state index is 12.1. The van der Waals surface area contributed by atoms with Crippen molar-refractivity contribution in [3.05, 3.63) is 60.2 Å². The lowest BCUT2D eigenvalue weighted by Crippen LogP contribution is -2.36. The Hall–Kier alpha value is -3.35. The van der Waals surface area contributed by atoms with Gasteiger partial charge in [0.15, 0.2) is 6.61 Å². The molecule has 0 radical (unpaired) electrons. The average Bonchev–Trinajstić information content (AvgIpc) is 2.64. The number of carbonyl (C=O) groups excluding carboxylic acids is 3. The Bertz CT molecular complexity index is 762. The van der Waals surface area contributed by atoms with E-state index in [2.05, 4.69) is 16.0 Å². The number of ether oxygens (including phenoxy) is 1. The third-order valence-electron chi connectivity index (χ3n) is 3.29. The third kappa shape index (κ3) is 6.64. The molecule has 0 atom stereocenters. The van der Waals surface area contributed by atoms with Crippen molar-refractivity contribution in [2.75, 3.05) is 25.0 Å². The van der Waals surface area contributed by atoms with Gasteiger partial charge in [0.05, 0.1) is 0 Å². The molecule has 7 nitrogen and oxygen atoms in total. The lowest BCUT2D eigenvalue weighted by molar-refractivity contribution is -0.123. The molecule has 3 amide bonds. The van der Waals surface area contributed by atoms with E-state index in [0.29, 0.717) is 17.0 Å². The highest BCUT2D eigenvalue weighted by Crippen LogP contribution is 2.10. The van der Waals surface area contributed by atoms with Crippen LogP contribution in [0.3, 0.4) is 0 Å². The molecular formula is C19H21N3O4. The topological polar surface area (TPSA) is 96.5 Å². The number of anilines is 1. The van der Waals surface area contributed by atoms with Crippen LogP contribution in [0, 0.1) is 0 Å². The lowest BCUT2D eigenvalue weighted by Gasteiger charge is -2.09. The normalized spacial score (nSPS) is 9.88. The van der Waals surface area contributed by atoms with Crippen LogP contribution in [0.25, 0.3) is 0 Å². The van der Waals surface area contributed by atoms with Crippen LogP contribution in [0.1, 0.15) is 17.3 Å². The molecule has 0 saturated carbocycles. The molecule has 0 aromatic heterocycles. The second-order valence-corrected chi connectivity index (χ2v) is 5.47.